The maximum atomic E-state index is 12.6. The minimum atomic E-state index is -0.340. The number of nitrogens with zero attached hydrogens (tertiary/aromatic N) is 2. The van der Waals surface area contributed by atoms with Gasteiger partial charge in [0.15, 0.2) is 5.76 Å². The predicted molar refractivity (Wildman–Crippen MR) is 92.0 cm³/mol. The second-order valence-electron chi connectivity index (χ2n) is 6.70. The Morgan fingerprint density at radius 1 is 1.24 bits per heavy atom. The van der Waals surface area contributed by atoms with E-state index in [1.54, 1.807) is 4.90 Å². The monoisotopic (exact) mass is 350 g/mol. The third-order valence-corrected chi connectivity index (χ3v) is 5.36. The molecule has 0 radical (unpaired) electrons. The van der Waals surface area contributed by atoms with Gasteiger partial charge in [0.2, 0.25) is 11.2 Å². The highest BCUT2D eigenvalue weighted by Crippen LogP contribution is 2.25. The molecular weight excluding hydrogens is 324 g/mol. The Bertz CT molecular complexity index is 645. The molecule has 1 unspecified atom stereocenters. The summed E-state index contributed by atoms with van der Waals surface area (Å²) >= 11 is 0. The number of carbonyl (C=O) groups excluding carboxylic acids is 1. The van der Waals surface area contributed by atoms with Crippen molar-refractivity contribution in [2.45, 2.75) is 25.8 Å². The van der Waals surface area contributed by atoms with Crippen LogP contribution in [0.3, 0.4) is 0 Å². The van der Waals surface area contributed by atoms with Gasteiger partial charge in [-0.3, -0.25) is 14.5 Å². The Hall–Kier alpha value is -1.86. The van der Waals surface area contributed by atoms with Gasteiger partial charge < -0.3 is 18.8 Å². The van der Waals surface area contributed by atoms with E-state index >= 15 is 0 Å². The Morgan fingerprint density at radius 2 is 1.92 bits per heavy atom. The fourth-order valence-corrected chi connectivity index (χ4v) is 3.68. The number of morpholine rings is 1. The van der Waals surface area contributed by atoms with Gasteiger partial charge in [0.05, 0.1) is 20.3 Å². The van der Waals surface area contributed by atoms with Crippen LogP contribution in [0.5, 0.6) is 5.75 Å². The average molecular weight is 350 g/mol. The molecule has 2 aliphatic rings. The zero-order valence-electron chi connectivity index (χ0n) is 14.9. The van der Waals surface area contributed by atoms with Crippen LogP contribution in [0.1, 0.15) is 30.3 Å². The molecule has 3 rings (SSSR count). The van der Waals surface area contributed by atoms with Crippen molar-refractivity contribution >= 4 is 5.91 Å². The van der Waals surface area contributed by atoms with Crippen molar-refractivity contribution in [3.63, 3.8) is 0 Å². The lowest BCUT2D eigenvalue weighted by Crippen LogP contribution is -2.49. The molecule has 2 saturated heterocycles. The van der Waals surface area contributed by atoms with E-state index in [4.69, 9.17) is 13.9 Å². The fourth-order valence-electron chi connectivity index (χ4n) is 3.68. The molecule has 25 heavy (non-hydrogen) atoms. The number of methoxy groups -OCH3 is 1. The molecule has 138 valence electrons. The molecule has 2 aliphatic heterocycles. The smallest absolute Gasteiger partial charge is 0.289 e. The maximum absolute atomic E-state index is 12.6. The number of amides is 1. The van der Waals surface area contributed by atoms with Gasteiger partial charge in [0.25, 0.3) is 5.91 Å². The Balaban J connectivity index is 1.57. The van der Waals surface area contributed by atoms with Crippen molar-refractivity contribution in [3.8, 4) is 5.75 Å². The summed E-state index contributed by atoms with van der Waals surface area (Å²) in [5.41, 5.74) is -0.340. The highest BCUT2D eigenvalue weighted by atomic mass is 16.5. The zero-order chi connectivity index (χ0) is 17.8. The Labute approximate surface area is 147 Å². The summed E-state index contributed by atoms with van der Waals surface area (Å²) in [7, 11) is 1.40. The van der Waals surface area contributed by atoms with Crippen LogP contribution in [0.2, 0.25) is 0 Å². The topological polar surface area (TPSA) is 72.2 Å². The molecule has 7 nitrogen and oxygen atoms in total. The zero-order valence-corrected chi connectivity index (χ0v) is 14.9. The normalized spacial score (nSPS) is 21.1. The fraction of sp³-hybridized carbons (Fsp3) is 0.667. The van der Waals surface area contributed by atoms with Gasteiger partial charge in [-0.05, 0) is 25.7 Å². The molecule has 7 heteroatoms. The van der Waals surface area contributed by atoms with Crippen LogP contribution in [0.25, 0.3) is 0 Å². The van der Waals surface area contributed by atoms with Crippen LogP contribution in [-0.2, 0) is 4.74 Å². The lowest BCUT2D eigenvalue weighted by molar-refractivity contribution is -0.00115. The van der Waals surface area contributed by atoms with Gasteiger partial charge >= 0.3 is 0 Å². The highest BCUT2D eigenvalue weighted by molar-refractivity contribution is 5.91. The van der Waals surface area contributed by atoms with E-state index in [1.807, 2.05) is 0 Å². The highest BCUT2D eigenvalue weighted by Gasteiger charge is 2.31. The molecular formula is C18H26N2O5. The minimum Gasteiger partial charge on any atom is -0.490 e. The van der Waals surface area contributed by atoms with Crippen LogP contribution >= 0.6 is 0 Å². The quantitative estimate of drug-likeness (QED) is 0.813. The minimum absolute atomic E-state index is 0.0745. The largest absolute Gasteiger partial charge is 0.490 e. The van der Waals surface area contributed by atoms with Crippen molar-refractivity contribution in [2.75, 3.05) is 46.5 Å². The van der Waals surface area contributed by atoms with Crippen molar-refractivity contribution < 1.29 is 18.7 Å². The number of rotatable bonds is 4. The first-order valence-electron chi connectivity index (χ1n) is 8.88. The molecule has 0 saturated carbocycles. The van der Waals surface area contributed by atoms with E-state index in [0.717, 1.165) is 39.1 Å². The van der Waals surface area contributed by atoms with Gasteiger partial charge in [-0.15, -0.1) is 0 Å². The second kappa shape index (κ2) is 8.01. The molecule has 0 bridgehead atoms. The predicted octanol–water partition coefficient (Wildman–Crippen LogP) is 1.22. The van der Waals surface area contributed by atoms with Crippen molar-refractivity contribution in [2.24, 2.45) is 5.92 Å². The van der Waals surface area contributed by atoms with Crippen LogP contribution < -0.4 is 10.2 Å². The summed E-state index contributed by atoms with van der Waals surface area (Å²) in [6, 6.07) is 1.71. The number of likely N-dealkylation sites (tertiary alicyclic amines) is 1. The summed E-state index contributed by atoms with van der Waals surface area (Å²) in [5.74, 6) is 0.530. The standard InChI is InChI=1S/C18H26N2O5/c1-13(19-7-9-24-10-8-19)14-3-5-20(6-4-14)18(22)16-11-15(21)17(23-2)12-25-16/h11-14H,3-10H2,1-2H3. The van der Waals surface area contributed by atoms with Crippen LogP contribution in [-0.4, -0.2) is 68.3 Å². The number of ether oxygens (including phenoxy) is 2. The third kappa shape index (κ3) is 4.04. The van der Waals surface area contributed by atoms with E-state index in [9.17, 15) is 9.59 Å². The first kappa shape index (κ1) is 17.9. The maximum Gasteiger partial charge on any atom is 0.289 e. The van der Waals surface area contributed by atoms with E-state index in [0.29, 0.717) is 25.0 Å². The van der Waals surface area contributed by atoms with E-state index < -0.39 is 0 Å². The van der Waals surface area contributed by atoms with Crippen LogP contribution in [0.15, 0.2) is 21.5 Å². The molecule has 3 heterocycles. The lowest BCUT2D eigenvalue weighted by Gasteiger charge is -2.40. The number of hydrogen-bond acceptors (Lipinski definition) is 6. The average Bonchev–Trinajstić information content (AvgIpc) is 2.67. The van der Waals surface area contributed by atoms with Gasteiger partial charge in [-0.25, -0.2) is 0 Å². The number of piperidine rings is 1. The first-order chi connectivity index (χ1) is 12.1. The molecule has 2 fully saturated rings. The van der Waals surface area contributed by atoms with Gasteiger partial charge in [0.1, 0.15) is 6.26 Å². The van der Waals surface area contributed by atoms with Gasteiger partial charge in [-0.2, -0.15) is 0 Å². The SMILES string of the molecule is COc1coc(C(=O)N2CCC(C(C)N3CCOCC3)CC2)cc1=O. The van der Waals surface area contributed by atoms with Gasteiger partial charge in [0, 0.05) is 38.3 Å². The Kier molecular flexibility index (Phi) is 5.75. The molecule has 1 atom stereocenters. The molecule has 1 aromatic heterocycles. The molecule has 1 amide bonds. The van der Waals surface area contributed by atoms with Gasteiger partial charge in [-0.1, -0.05) is 0 Å². The summed E-state index contributed by atoms with van der Waals surface area (Å²) < 4.78 is 15.6. The Morgan fingerprint density at radius 3 is 2.52 bits per heavy atom. The van der Waals surface area contributed by atoms with E-state index in [-0.39, 0.29) is 22.8 Å². The summed E-state index contributed by atoms with van der Waals surface area (Å²) in [6.45, 7) is 7.23. The van der Waals surface area contributed by atoms with Crippen molar-refractivity contribution in [1.29, 1.82) is 0 Å². The van der Waals surface area contributed by atoms with Crippen molar-refractivity contribution in [3.05, 3.63) is 28.3 Å². The number of hydrogen-bond donors (Lipinski definition) is 0. The number of carbonyl (C=O) groups is 1. The molecule has 0 spiro atoms. The second-order valence-corrected chi connectivity index (χ2v) is 6.70. The first-order valence-corrected chi connectivity index (χ1v) is 8.88. The lowest BCUT2D eigenvalue weighted by atomic mass is 9.89. The molecule has 0 aliphatic carbocycles. The van der Waals surface area contributed by atoms with Crippen LogP contribution in [0, 0.1) is 5.92 Å². The molecule has 1 aromatic rings. The van der Waals surface area contributed by atoms with Crippen molar-refractivity contribution in [1.82, 2.24) is 9.80 Å². The van der Waals surface area contributed by atoms with Crippen LogP contribution in [0.4, 0.5) is 0 Å². The third-order valence-electron chi connectivity index (χ3n) is 5.36. The molecule has 0 N–H and O–H groups in total. The summed E-state index contributed by atoms with van der Waals surface area (Å²) in [6.07, 6.45) is 3.12. The summed E-state index contributed by atoms with van der Waals surface area (Å²) in [4.78, 5) is 28.6. The van der Waals surface area contributed by atoms with E-state index in [2.05, 4.69) is 11.8 Å². The van der Waals surface area contributed by atoms with E-state index in [1.165, 1.54) is 19.4 Å². The molecule has 0 aromatic carbocycles. The summed E-state index contributed by atoms with van der Waals surface area (Å²) in [5, 5.41) is 0.